The highest BCUT2D eigenvalue weighted by Gasteiger charge is 2.46. The van der Waals surface area contributed by atoms with E-state index in [2.05, 4.69) is 5.32 Å². The van der Waals surface area contributed by atoms with E-state index in [9.17, 15) is 29.0 Å². The summed E-state index contributed by atoms with van der Waals surface area (Å²) in [6.45, 7) is 4.99. The van der Waals surface area contributed by atoms with E-state index >= 15 is 0 Å². The van der Waals surface area contributed by atoms with Crippen LogP contribution in [0.5, 0.6) is 0 Å². The summed E-state index contributed by atoms with van der Waals surface area (Å²) in [4.78, 5) is 43.6. The number of ether oxygens (including phenoxy) is 1. The summed E-state index contributed by atoms with van der Waals surface area (Å²) in [5, 5.41) is 25.0. The van der Waals surface area contributed by atoms with E-state index in [1.54, 1.807) is 26.8 Å². The van der Waals surface area contributed by atoms with Crippen molar-refractivity contribution in [1.29, 1.82) is 0 Å². The molecule has 0 spiro atoms. The number of halogens is 1. The van der Waals surface area contributed by atoms with Gasteiger partial charge in [-0.3, -0.25) is 9.59 Å². The molecule has 0 radical (unpaired) electrons. The van der Waals surface area contributed by atoms with E-state index in [4.69, 9.17) is 9.72 Å². The first kappa shape index (κ1) is 24.7. The lowest BCUT2D eigenvalue weighted by Crippen LogP contribution is -2.44. The molecule has 38 heavy (non-hydrogen) atoms. The largest absolute Gasteiger partial charge is 0.458 e. The van der Waals surface area contributed by atoms with Gasteiger partial charge >= 0.3 is 5.97 Å². The number of rotatable bonds is 4. The second kappa shape index (κ2) is 8.44. The third-order valence-electron chi connectivity index (χ3n) is 8.38. The van der Waals surface area contributed by atoms with Crippen LogP contribution in [0.2, 0.25) is 0 Å². The Kier molecular flexibility index (Phi) is 5.48. The first-order chi connectivity index (χ1) is 18.1. The monoisotopic (exact) mass is 521 g/mol. The predicted molar refractivity (Wildman–Crippen MR) is 135 cm³/mol. The quantitative estimate of drug-likeness (QED) is 0.352. The van der Waals surface area contributed by atoms with Crippen molar-refractivity contribution in [2.45, 2.75) is 77.4 Å². The molecule has 2 aromatic heterocycles. The van der Waals surface area contributed by atoms with Gasteiger partial charge in [-0.1, -0.05) is 13.8 Å². The number of hydrogen-bond donors (Lipinski definition) is 3. The molecule has 9 nitrogen and oxygen atoms in total. The van der Waals surface area contributed by atoms with Crippen LogP contribution in [0.1, 0.15) is 72.5 Å². The number of esters is 1. The van der Waals surface area contributed by atoms with Crippen LogP contribution in [0.15, 0.2) is 16.9 Å². The van der Waals surface area contributed by atoms with Gasteiger partial charge in [-0.05, 0) is 55.4 Å². The highest BCUT2D eigenvalue weighted by Crippen LogP contribution is 2.45. The van der Waals surface area contributed by atoms with Crippen molar-refractivity contribution in [2.24, 2.45) is 0 Å². The number of pyridine rings is 2. The maximum Gasteiger partial charge on any atom is 0.343 e. The Morgan fingerprint density at radius 1 is 1.29 bits per heavy atom. The molecule has 3 aromatic rings. The molecule has 0 bridgehead atoms. The summed E-state index contributed by atoms with van der Waals surface area (Å²) in [7, 11) is 0. The zero-order valence-corrected chi connectivity index (χ0v) is 21.4. The van der Waals surface area contributed by atoms with Crippen LogP contribution >= 0.6 is 0 Å². The number of amides is 1. The van der Waals surface area contributed by atoms with Crippen molar-refractivity contribution in [3.8, 4) is 11.4 Å². The van der Waals surface area contributed by atoms with Gasteiger partial charge in [-0.2, -0.15) is 0 Å². The van der Waals surface area contributed by atoms with Gasteiger partial charge in [0, 0.05) is 22.6 Å². The molecule has 3 aliphatic rings. The van der Waals surface area contributed by atoms with E-state index in [0.29, 0.717) is 40.9 Å². The van der Waals surface area contributed by atoms with Crippen molar-refractivity contribution in [3.05, 3.63) is 61.7 Å². The number of hydrogen-bond acceptors (Lipinski definition) is 7. The van der Waals surface area contributed by atoms with Gasteiger partial charge in [0.15, 0.2) is 5.60 Å². The predicted octanol–water partition coefficient (Wildman–Crippen LogP) is 2.40. The Morgan fingerprint density at radius 3 is 2.76 bits per heavy atom. The fourth-order valence-corrected chi connectivity index (χ4v) is 6.15. The van der Waals surface area contributed by atoms with Gasteiger partial charge < -0.3 is 24.8 Å². The smallest absolute Gasteiger partial charge is 0.343 e. The van der Waals surface area contributed by atoms with Crippen LogP contribution in [0, 0.1) is 12.7 Å². The fourth-order valence-electron chi connectivity index (χ4n) is 6.15. The molecule has 6 rings (SSSR count). The lowest BCUT2D eigenvalue weighted by atomic mass is 9.81. The fraction of sp³-hybridized carbons (Fsp3) is 0.429. The molecule has 0 saturated heterocycles. The van der Waals surface area contributed by atoms with Crippen molar-refractivity contribution < 1.29 is 28.9 Å². The molecule has 198 valence electrons. The number of fused-ring (bicyclic) bond motifs is 5. The molecular weight excluding hydrogens is 493 g/mol. The lowest BCUT2D eigenvalue weighted by molar-refractivity contribution is -0.172. The average molecular weight is 522 g/mol. The highest BCUT2D eigenvalue weighted by atomic mass is 19.1. The van der Waals surface area contributed by atoms with E-state index in [-0.39, 0.29) is 37.1 Å². The third-order valence-corrected chi connectivity index (χ3v) is 8.38. The summed E-state index contributed by atoms with van der Waals surface area (Å²) in [5.74, 6) is -1.69. The van der Waals surface area contributed by atoms with Crippen molar-refractivity contribution in [3.63, 3.8) is 0 Å². The van der Waals surface area contributed by atoms with Crippen LogP contribution in [0.3, 0.4) is 0 Å². The first-order valence-corrected chi connectivity index (χ1v) is 12.9. The van der Waals surface area contributed by atoms with E-state index < -0.39 is 41.0 Å². The number of nitrogens with zero attached hydrogens (tertiary/aromatic N) is 2. The standard InChI is InChI=1S/C28H28FN3O6/c1-4-21(33)25(34)31-18-7-6-13-12(3)17(29)9-19-22(13)23(18)14-10-32-20(24(14)30-19)8-16-15(26(32)35)11-38-27(36)28(16,37)5-2/h8-9,18,21,33,37H,4-7,10-11H2,1-3H3,(H,31,34)/t18-,21?,28-/m0/s1. The Balaban J connectivity index is 1.63. The topological polar surface area (TPSA) is 131 Å². The molecule has 1 aliphatic carbocycles. The minimum Gasteiger partial charge on any atom is -0.458 e. The molecular formula is C28H28FN3O6. The molecule has 2 aliphatic heterocycles. The minimum atomic E-state index is -1.96. The zero-order valence-electron chi connectivity index (χ0n) is 21.4. The number of aromatic nitrogens is 2. The molecule has 1 aromatic carbocycles. The number of carbonyl (C=O) groups is 2. The molecule has 1 unspecified atom stereocenters. The normalized spacial score (nSPS) is 21.9. The molecule has 0 fully saturated rings. The number of aryl methyl sites for hydroxylation is 1. The molecule has 3 atom stereocenters. The first-order valence-electron chi connectivity index (χ1n) is 12.9. The van der Waals surface area contributed by atoms with Gasteiger partial charge in [-0.15, -0.1) is 0 Å². The Bertz CT molecular complexity index is 1630. The third kappa shape index (κ3) is 3.23. The summed E-state index contributed by atoms with van der Waals surface area (Å²) in [6, 6.07) is 2.50. The molecule has 1 amide bonds. The molecule has 0 saturated carbocycles. The minimum absolute atomic E-state index is 0.0205. The second-order valence-corrected chi connectivity index (χ2v) is 10.3. The second-order valence-electron chi connectivity index (χ2n) is 10.3. The lowest BCUT2D eigenvalue weighted by Gasteiger charge is -2.31. The summed E-state index contributed by atoms with van der Waals surface area (Å²) in [5.41, 5.74) is 2.11. The number of nitrogens with one attached hydrogen (secondary N) is 1. The molecule has 3 N–H and O–H groups in total. The van der Waals surface area contributed by atoms with Crippen molar-refractivity contribution in [1.82, 2.24) is 14.9 Å². The molecule has 10 heteroatoms. The molecule has 4 heterocycles. The van der Waals surface area contributed by atoms with E-state index in [1.807, 2.05) is 0 Å². The van der Waals surface area contributed by atoms with Crippen LogP contribution in [-0.4, -0.2) is 37.7 Å². The van der Waals surface area contributed by atoms with Gasteiger partial charge in [-0.25, -0.2) is 14.2 Å². The maximum absolute atomic E-state index is 15.0. The van der Waals surface area contributed by atoms with E-state index in [0.717, 1.165) is 16.5 Å². The maximum atomic E-state index is 15.0. The zero-order chi connectivity index (χ0) is 27.1. The Morgan fingerprint density at radius 2 is 2.05 bits per heavy atom. The van der Waals surface area contributed by atoms with E-state index in [1.165, 1.54) is 10.6 Å². The van der Waals surface area contributed by atoms with Crippen molar-refractivity contribution in [2.75, 3.05) is 0 Å². The number of aliphatic hydroxyl groups excluding tert-OH is 1. The van der Waals surface area contributed by atoms with Crippen LogP contribution in [-0.2, 0) is 39.5 Å². The number of aliphatic hydroxyl groups is 2. The Labute approximate surface area is 217 Å². The Hall–Kier alpha value is -3.63. The van der Waals surface area contributed by atoms with Crippen LogP contribution in [0.4, 0.5) is 4.39 Å². The van der Waals surface area contributed by atoms with Gasteiger partial charge in [0.25, 0.3) is 5.56 Å². The van der Waals surface area contributed by atoms with Gasteiger partial charge in [0.05, 0.1) is 35.1 Å². The van der Waals surface area contributed by atoms with Crippen LogP contribution < -0.4 is 10.9 Å². The number of benzene rings is 1. The summed E-state index contributed by atoms with van der Waals surface area (Å²) >= 11 is 0. The van der Waals surface area contributed by atoms with Crippen LogP contribution in [0.25, 0.3) is 22.3 Å². The van der Waals surface area contributed by atoms with Gasteiger partial charge in [0.1, 0.15) is 18.5 Å². The summed E-state index contributed by atoms with van der Waals surface area (Å²) < 4.78 is 21.6. The van der Waals surface area contributed by atoms with Crippen molar-refractivity contribution >= 4 is 22.8 Å². The SMILES string of the molecule is CCC(O)C(=O)N[C@H]1CCc2c(C)c(F)cc3nc4c(c1c23)Cn1c-4cc2c(c1=O)COC(=O)[C@]2(O)CC. The average Bonchev–Trinajstić information content (AvgIpc) is 3.28. The number of carbonyl (C=O) groups excluding carboxylic acids is 2. The highest BCUT2D eigenvalue weighted by molar-refractivity contribution is 5.94. The summed E-state index contributed by atoms with van der Waals surface area (Å²) in [6.07, 6.45) is 0.131. The van der Waals surface area contributed by atoms with Gasteiger partial charge in [0.2, 0.25) is 5.91 Å². The number of cyclic esters (lactones) is 1.